The van der Waals surface area contributed by atoms with Gasteiger partial charge in [-0.2, -0.15) is 0 Å². The number of aromatic nitrogens is 2. The Morgan fingerprint density at radius 3 is 2.67 bits per heavy atom. The van der Waals surface area contributed by atoms with Crippen molar-refractivity contribution in [3.05, 3.63) is 16.3 Å². The minimum atomic E-state index is 0.151. The van der Waals surface area contributed by atoms with Gasteiger partial charge in [-0.05, 0) is 32.4 Å². The van der Waals surface area contributed by atoms with Gasteiger partial charge in [0.2, 0.25) is 0 Å². The number of aliphatic hydroxyl groups excluding tert-OH is 1. The molecule has 0 radical (unpaired) electrons. The fourth-order valence-electron chi connectivity index (χ4n) is 2.39. The largest absolute Gasteiger partial charge is 0.395 e. The lowest BCUT2D eigenvalue weighted by molar-refractivity contribution is 0.185. The molecule has 2 aromatic rings. The van der Waals surface area contributed by atoms with Gasteiger partial charge in [-0.15, -0.1) is 11.3 Å². The van der Waals surface area contributed by atoms with Crippen molar-refractivity contribution in [3.8, 4) is 0 Å². The number of hydrogen-bond donors (Lipinski definition) is 2. The Bertz CT molecular complexity index is 611. The van der Waals surface area contributed by atoms with Crippen molar-refractivity contribution in [3.63, 3.8) is 0 Å². The van der Waals surface area contributed by atoms with E-state index in [1.807, 2.05) is 0 Å². The van der Waals surface area contributed by atoms with Gasteiger partial charge >= 0.3 is 0 Å². The molecule has 2 heterocycles. The van der Waals surface area contributed by atoms with Crippen molar-refractivity contribution >= 4 is 27.4 Å². The number of aliphatic hydroxyl groups is 1. The van der Waals surface area contributed by atoms with Crippen molar-refractivity contribution in [1.82, 2.24) is 14.9 Å². The summed E-state index contributed by atoms with van der Waals surface area (Å²) >= 11 is 1.67. The zero-order valence-electron chi connectivity index (χ0n) is 13.0. The van der Waals surface area contributed by atoms with Crippen LogP contribution in [0.15, 0.2) is 0 Å². The molecule has 0 unspecified atom stereocenters. The van der Waals surface area contributed by atoms with Gasteiger partial charge < -0.3 is 10.8 Å². The van der Waals surface area contributed by atoms with E-state index in [9.17, 15) is 5.11 Å². The summed E-state index contributed by atoms with van der Waals surface area (Å²) in [7, 11) is 0. The normalized spacial score (nSPS) is 11.7. The monoisotopic (exact) mass is 308 g/mol. The van der Waals surface area contributed by atoms with Gasteiger partial charge in [0.25, 0.3) is 0 Å². The molecular formula is C15H24N4OS. The third-order valence-corrected chi connectivity index (χ3v) is 4.81. The average molecular weight is 308 g/mol. The van der Waals surface area contributed by atoms with Crippen LogP contribution in [0.25, 0.3) is 10.2 Å². The van der Waals surface area contributed by atoms with Crippen LogP contribution in [0.2, 0.25) is 0 Å². The summed E-state index contributed by atoms with van der Waals surface area (Å²) < 4.78 is 0. The van der Waals surface area contributed by atoms with Crippen LogP contribution in [0.1, 0.15) is 36.0 Å². The lowest BCUT2D eigenvalue weighted by Crippen LogP contribution is -2.28. The van der Waals surface area contributed by atoms with Gasteiger partial charge in [0.15, 0.2) is 0 Å². The molecular weight excluding hydrogens is 284 g/mol. The summed E-state index contributed by atoms with van der Waals surface area (Å²) in [5.41, 5.74) is 7.29. The Hall–Kier alpha value is -1.24. The minimum absolute atomic E-state index is 0.151. The molecule has 0 fully saturated rings. The smallest absolute Gasteiger partial charge is 0.146 e. The molecule has 21 heavy (non-hydrogen) atoms. The van der Waals surface area contributed by atoms with E-state index in [0.717, 1.165) is 35.4 Å². The van der Waals surface area contributed by atoms with E-state index >= 15 is 0 Å². The van der Waals surface area contributed by atoms with Crippen molar-refractivity contribution in [2.24, 2.45) is 0 Å². The summed E-state index contributed by atoms with van der Waals surface area (Å²) in [4.78, 5) is 13.5. The Kier molecular flexibility index (Phi) is 5.50. The lowest BCUT2D eigenvalue weighted by atomic mass is 10.2. The van der Waals surface area contributed by atoms with Gasteiger partial charge in [0.1, 0.15) is 16.5 Å². The van der Waals surface area contributed by atoms with E-state index < -0.39 is 0 Å². The number of nitrogens with two attached hydrogens (primary N) is 1. The highest BCUT2D eigenvalue weighted by Crippen LogP contribution is 2.31. The van der Waals surface area contributed by atoms with Gasteiger partial charge in [-0.3, -0.25) is 4.90 Å². The summed E-state index contributed by atoms with van der Waals surface area (Å²) in [5, 5.41) is 10.2. The SMILES string of the molecule is CCCCN(CCO)Cc1nc(N)c2c(C)c(C)sc2n1. The molecule has 116 valence electrons. The molecule has 0 aromatic carbocycles. The van der Waals surface area contributed by atoms with E-state index in [2.05, 4.69) is 35.6 Å². The molecule has 0 aliphatic heterocycles. The number of nitrogens with zero attached hydrogens (tertiary/aromatic N) is 3. The summed E-state index contributed by atoms with van der Waals surface area (Å²) in [6.45, 7) is 8.68. The Morgan fingerprint density at radius 1 is 1.24 bits per heavy atom. The molecule has 0 saturated heterocycles. The number of fused-ring (bicyclic) bond motifs is 1. The number of aryl methyl sites for hydroxylation is 2. The van der Waals surface area contributed by atoms with Gasteiger partial charge in [0, 0.05) is 11.4 Å². The van der Waals surface area contributed by atoms with E-state index in [0.29, 0.717) is 18.9 Å². The summed E-state index contributed by atoms with van der Waals surface area (Å²) in [5.74, 6) is 1.31. The van der Waals surface area contributed by atoms with Gasteiger partial charge in [0.05, 0.1) is 18.5 Å². The van der Waals surface area contributed by atoms with Crippen molar-refractivity contribution in [1.29, 1.82) is 0 Å². The molecule has 0 atom stereocenters. The molecule has 0 aliphatic carbocycles. The fraction of sp³-hybridized carbons (Fsp3) is 0.600. The molecule has 0 aliphatic rings. The topological polar surface area (TPSA) is 75.3 Å². The van der Waals surface area contributed by atoms with Crippen LogP contribution in [0.4, 0.5) is 5.82 Å². The number of rotatable bonds is 7. The number of nitrogen functional groups attached to an aromatic ring is 1. The molecule has 0 amide bonds. The molecule has 0 saturated carbocycles. The van der Waals surface area contributed by atoms with Crippen LogP contribution in [0, 0.1) is 13.8 Å². The van der Waals surface area contributed by atoms with Gasteiger partial charge in [-0.25, -0.2) is 9.97 Å². The zero-order valence-corrected chi connectivity index (χ0v) is 13.8. The minimum Gasteiger partial charge on any atom is -0.395 e. The fourth-order valence-corrected chi connectivity index (χ4v) is 3.45. The van der Waals surface area contributed by atoms with Crippen LogP contribution >= 0.6 is 11.3 Å². The second-order valence-electron chi connectivity index (χ2n) is 5.34. The standard InChI is InChI=1S/C15H24N4OS/c1-4-5-6-19(7-8-20)9-12-17-14(16)13-10(2)11(3)21-15(13)18-12/h20H,4-9H2,1-3H3,(H2,16,17,18). The van der Waals surface area contributed by atoms with Crippen LogP contribution < -0.4 is 5.73 Å². The highest BCUT2D eigenvalue weighted by Gasteiger charge is 2.14. The average Bonchev–Trinajstić information content (AvgIpc) is 2.72. The molecule has 6 heteroatoms. The maximum absolute atomic E-state index is 9.17. The van der Waals surface area contributed by atoms with Crippen LogP contribution in [-0.2, 0) is 6.54 Å². The molecule has 3 N–H and O–H groups in total. The number of unbranched alkanes of at least 4 members (excludes halogenated alkanes) is 1. The van der Waals surface area contributed by atoms with Crippen molar-refractivity contribution in [2.45, 2.75) is 40.2 Å². The first-order chi connectivity index (χ1) is 10.1. The van der Waals surface area contributed by atoms with E-state index in [1.54, 1.807) is 11.3 Å². The molecule has 2 rings (SSSR count). The zero-order chi connectivity index (χ0) is 15.4. The highest BCUT2D eigenvalue weighted by molar-refractivity contribution is 7.18. The van der Waals surface area contributed by atoms with Crippen molar-refractivity contribution < 1.29 is 5.11 Å². The third-order valence-electron chi connectivity index (χ3n) is 3.71. The second kappa shape index (κ2) is 7.15. The second-order valence-corrected chi connectivity index (χ2v) is 6.54. The highest BCUT2D eigenvalue weighted by atomic mass is 32.1. The first kappa shape index (κ1) is 16.1. The first-order valence-electron chi connectivity index (χ1n) is 7.42. The maximum atomic E-state index is 9.17. The van der Waals surface area contributed by atoms with E-state index in [-0.39, 0.29) is 6.61 Å². The third kappa shape index (κ3) is 3.70. The number of hydrogen-bond acceptors (Lipinski definition) is 6. The number of anilines is 1. The van der Waals surface area contributed by atoms with Crippen LogP contribution in [0.3, 0.4) is 0 Å². The van der Waals surface area contributed by atoms with Crippen LogP contribution in [-0.4, -0.2) is 39.7 Å². The van der Waals surface area contributed by atoms with Gasteiger partial charge in [-0.1, -0.05) is 13.3 Å². The number of thiophene rings is 1. The summed E-state index contributed by atoms with van der Waals surface area (Å²) in [6.07, 6.45) is 2.24. The van der Waals surface area contributed by atoms with Crippen LogP contribution in [0.5, 0.6) is 0 Å². The van der Waals surface area contributed by atoms with Crippen molar-refractivity contribution in [2.75, 3.05) is 25.4 Å². The predicted molar refractivity (Wildman–Crippen MR) is 88.6 cm³/mol. The Morgan fingerprint density at radius 2 is 2.00 bits per heavy atom. The summed E-state index contributed by atoms with van der Waals surface area (Å²) in [6, 6.07) is 0. The first-order valence-corrected chi connectivity index (χ1v) is 8.23. The Labute approximate surface area is 129 Å². The molecule has 5 nitrogen and oxygen atoms in total. The molecule has 0 spiro atoms. The van der Waals surface area contributed by atoms with E-state index in [1.165, 1.54) is 10.4 Å². The molecule has 0 bridgehead atoms. The quantitative estimate of drug-likeness (QED) is 0.822. The molecule has 2 aromatic heterocycles. The maximum Gasteiger partial charge on any atom is 0.146 e. The lowest BCUT2D eigenvalue weighted by Gasteiger charge is -2.20. The Balaban J connectivity index is 2.25. The van der Waals surface area contributed by atoms with E-state index in [4.69, 9.17) is 5.73 Å². The predicted octanol–water partition coefficient (Wildman–Crippen LogP) is 2.48.